The van der Waals surface area contributed by atoms with E-state index in [0.29, 0.717) is 41.7 Å². The van der Waals surface area contributed by atoms with Gasteiger partial charge in [-0.05, 0) is 64.1 Å². The predicted molar refractivity (Wildman–Crippen MR) is 110 cm³/mol. The summed E-state index contributed by atoms with van der Waals surface area (Å²) in [6.45, 7) is 8.15. The molecule has 0 atom stereocenters. The summed E-state index contributed by atoms with van der Waals surface area (Å²) in [6, 6.07) is 11.6. The van der Waals surface area contributed by atoms with Crippen molar-refractivity contribution < 1.29 is 28.5 Å². The first-order chi connectivity index (χ1) is 13.9. The number of ether oxygens (including phenoxy) is 4. The summed E-state index contributed by atoms with van der Waals surface area (Å²) in [6.07, 6.45) is 0.0438. The van der Waals surface area contributed by atoms with Gasteiger partial charge in [0.15, 0.2) is 18.1 Å². The van der Waals surface area contributed by atoms with Gasteiger partial charge in [-0.3, -0.25) is 4.79 Å². The zero-order valence-electron chi connectivity index (χ0n) is 17.2. The molecule has 7 nitrogen and oxygen atoms in total. The Labute approximate surface area is 170 Å². The molecule has 0 spiro atoms. The Morgan fingerprint density at radius 3 is 2.21 bits per heavy atom. The van der Waals surface area contributed by atoms with Crippen LogP contribution in [0.2, 0.25) is 0 Å². The van der Waals surface area contributed by atoms with Gasteiger partial charge in [0.2, 0.25) is 0 Å². The van der Waals surface area contributed by atoms with Crippen LogP contribution in [-0.2, 0) is 9.53 Å². The van der Waals surface area contributed by atoms with Gasteiger partial charge in [0.1, 0.15) is 5.75 Å². The van der Waals surface area contributed by atoms with Gasteiger partial charge in [-0.25, -0.2) is 4.79 Å². The Morgan fingerprint density at radius 2 is 1.59 bits per heavy atom. The molecule has 0 aromatic heterocycles. The van der Waals surface area contributed by atoms with Crippen LogP contribution in [0.5, 0.6) is 17.2 Å². The van der Waals surface area contributed by atoms with Crippen molar-refractivity contribution in [2.45, 2.75) is 33.8 Å². The van der Waals surface area contributed by atoms with Gasteiger partial charge in [-0.15, -0.1) is 0 Å². The molecule has 0 aliphatic rings. The van der Waals surface area contributed by atoms with Crippen molar-refractivity contribution in [1.29, 1.82) is 0 Å². The first-order valence-corrected chi connectivity index (χ1v) is 9.56. The molecule has 0 bridgehead atoms. The maximum atomic E-state index is 12.1. The van der Waals surface area contributed by atoms with Crippen LogP contribution in [0.4, 0.5) is 5.69 Å². The third kappa shape index (κ3) is 7.03. The van der Waals surface area contributed by atoms with Crippen LogP contribution in [0.3, 0.4) is 0 Å². The fraction of sp³-hybridized carbons (Fsp3) is 0.364. The number of amides is 1. The summed E-state index contributed by atoms with van der Waals surface area (Å²) in [5.74, 6) is 0.758. The number of nitrogens with one attached hydrogen (secondary N) is 1. The third-order valence-electron chi connectivity index (χ3n) is 3.62. The Kier molecular flexibility index (Phi) is 8.33. The van der Waals surface area contributed by atoms with E-state index in [1.807, 2.05) is 27.7 Å². The number of esters is 1. The Morgan fingerprint density at radius 1 is 0.931 bits per heavy atom. The SMILES string of the molecule is CCOc1ccc(NC(=O)COC(=O)c2ccc(OC(C)C)cc2)cc1OCC. The van der Waals surface area contributed by atoms with E-state index in [2.05, 4.69) is 5.32 Å². The number of carbonyl (C=O) groups excluding carboxylic acids is 2. The summed E-state index contributed by atoms with van der Waals surface area (Å²) in [5.41, 5.74) is 0.863. The van der Waals surface area contributed by atoms with Crippen LogP contribution in [0.15, 0.2) is 42.5 Å². The molecule has 2 aromatic carbocycles. The number of hydrogen-bond donors (Lipinski definition) is 1. The zero-order chi connectivity index (χ0) is 21.2. The minimum Gasteiger partial charge on any atom is -0.491 e. The zero-order valence-corrected chi connectivity index (χ0v) is 17.2. The maximum absolute atomic E-state index is 12.1. The minimum absolute atomic E-state index is 0.0438. The highest BCUT2D eigenvalue weighted by atomic mass is 16.5. The molecule has 0 aliphatic carbocycles. The molecule has 0 aliphatic heterocycles. The smallest absolute Gasteiger partial charge is 0.338 e. The first kappa shape index (κ1) is 22.1. The van der Waals surface area contributed by atoms with E-state index in [-0.39, 0.29) is 6.10 Å². The molecular weight excluding hydrogens is 374 g/mol. The second-order valence-electron chi connectivity index (χ2n) is 6.34. The molecule has 1 N–H and O–H groups in total. The lowest BCUT2D eigenvalue weighted by molar-refractivity contribution is -0.119. The molecule has 0 saturated heterocycles. The monoisotopic (exact) mass is 401 g/mol. The number of hydrogen-bond acceptors (Lipinski definition) is 6. The van der Waals surface area contributed by atoms with Crippen LogP contribution >= 0.6 is 0 Å². The third-order valence-corrected chi connectivity index (χ3v) is 3.62. The predicted octanol–water partition coefficient (Wildman–Crippen LogP) is 4.07. The van der Waals surface area contributed by atoms with Crippen LogP contribution in [0.25, 0.3) is 0 Å². The molecule has 0 radical (unpaired) electrons. The average Bonchev–Trinajstić information content (AvgIpc) is 2.68. The summed E-state index contributed by atoms with van der Waals surface area (Å²) >= 11 is 0. The maximum Gasteiger partial charge on any atom is 0.338 e. The van der Waals surface area contributed by atoms with Crippen LogP contribution in [0.1, 0.15) is 38.1 Å². The van der Waals surface area contributed by atoms with E-state index in [9.17, 15) is 9.59 Å². The van der Waals surface area contributed by atoms with E-state index < -0.39 is 18.5 Å². The second-order valence-corrected chi connectivity index (χ2v) is 6.34. The fourth-order valence-corrected chi connectivity index (χ4v) is 2.48. The van der Waals surface area contributed by atoms with Crippen molar-refractivity contribution in [3.8, 4) is 17.2 Å². The standard InChI is InChI=1S/C22H27NO6/c1-5-26-19-12-9-17(13-20(19)27-6-2)23-21(24)14-28-22(25)16-7-10-18(11-8-16)29-15(3)4/h7-13,15H,5-6,14H2,1-4H3,(H,23,24). The molecule has 0 fully saturated rings. The van der Waals surface area contributed by atoms with Crippen LogP contribution in [0, 0.1) is 0 Å². The number of benzene rings is 2. The van der Waals surface area contributed by atoms with Crippen molar-refractivity contribution in [3.05, 3.63) is 48.0 Å². The Hall–Kier alpha value is -3.22. The molecule has 2 aromatic rings. The van der Waals surface area contributed by atoms with Crippen LogP contribution < -0.4 is 19.5 Å². The summed E-state index contributed by atoms with van der Waals surface area (Å²) in [7, 11) is 0. The Bertz CT molecular complexity index is 817. The summed E-state index contributed by atoms with van der Waals surface area (Å²) < 4.78 is 21.6. The topological polar surface area (TPSA) is 83.1 Å². The van der Waals surface area contributed by atoms with Crippen molar-refractivity contribution in [1.82, 2.24) is 0 Å². The number of carbonyl (C=O) groups is 2. The molecule has 0 heterocycles. The fourth-order valence-electron chi connectivity index (χ4n) is 2.48. The van der Waals surface area contributed by atoms with Crippen molar-refractivity contribution in [2.75, 3.05) is 25.1 Å². The highest BCUT2D eigenvalue weighted by Gasteiger charge is 2.12. The van der Waals surface area contributed by atoms with Gasteiger partial charge in [0, 0.05) is 11.8 Å². The molecule has 0 saturated carbocycles. The lowest BCUT2D eigenvalue weighted by Crippen LogP contribution is -2.21. The van der Waals surface area contributed by atoms with Crippen molar-refractivity contribution >= 4 is 17.6 Å². The largest absolute Gasteiger partial charge is 0.491 e. The van der Waals surface area contributed by atoms with E-state index >= 15 is 0 Å². The van der Waals surface area contributed by atoms with E-state index in [0.717, 1.165) is 0 Å². The number of rotatable bonds is 10. The summed E-state index contributed by atoms with van der Waals surface area (Å²) in [5, 5.41) is 2.68. The second kappa shape index (κ2) is 10.9. The van der Waals surface area contributed by atoms with Gasteiger partial charge >= 0.3 is 5.97 Å². The van der Waals surface area contributed by atoms with E-state index in [4.69, 9.17) is 18.9 Å². The van der Waals surface area contributed by atoms with Gasteiger partial charge in [-0.1, -0.05) is 0 Å². The van der Waals surface area contributed by atoms with Gasteiger partial charge in [-0.2, -0.15) is 0 Å². The van der Waals surface area contributed by atoms with Gasteiger partial charge < -0.3 is 24.3 Å². The first-order valence-electron chi connectivity index (χ1n) is 9.56. The number of anilines is 1. The minimum atomic E-state index is -0.585. The van der Waals surface area contributed by atoms with E-state index in [1.165, 1.54) is 0 Å². The van der Waals surface area contributed by atoms with Gasteiger partial charge in [0.25, 0.3) is 5.91 Å². The highest BCUT2D eigenvalue weighted by molar-refractivity contribution is 5.95. The quantitative estimate of drug-likeness (QED) is 0.605. The summed E-state index contributed by atoms with van der Waals surface area (Å²) in [4.78, 5) is 24.2. The lowest BCUT2D eigenvalue weighted by Gasteiger charge is -2.13. The molecule has 1 amide bonds. The van der Waals surface area contributed by atoms with Gasteiger partial charge in [0.05, 0.1) is 24.9 Å². The molecule has 2 rings (SSSR count). The molecule has 156 valence electrons. The Balaban J connectivity index is 1.90. The highest BCUT2D eigenvalue weighted by Crippen LogP contribution is 2.30. The molecule has 7 heteroatoms. The van der Waals surface area contributed by atoms with Crippen LogP contribution in [-0.4, -0.2) is 37.8 Å². The lowest BCUT2D eigenvalue weighted by atomic mass is 10.2. The molecule has 29 heavy (non-hydrogen) atoms. The molecular formula is C22H27NO6. The van der Waals surface area contributed by atoms with Crippen molar-refractivity contribution in [2.24, 2.45) is 0 Å². The average molecular weight is 401 g/mol. The molecule has 0 unspecified atom stereocenters. The van der Waals surface area contributed by atoms with E-state index in [1.54, 1.807) is 42.5 Å². The normalized spacial score (nSPS) is 10.4. The van der Waals surface area contributed by atoms with Crippen molar-refractivity contribution in [3.63, 3.8) is 0 Å².